The largest absolute Gasteiger partial charge is 0.489 e. The summed E-state index contributed by atoms with van der Waals surface area (Å²) in [6.07, 6.45) is 0.437. The molecule has 4 rings (SSSR count). The van der Waals surface area contributed by atoms with E-state index in [0.29, 0.717) is 35.5 Å². The summed E-state index contributed by atoms with van der Waals surface area (Å²) in [4.78, 5) is 0. The van der Waals surface area contributed by atoms with E-state index in [2.05, 4.69) is 0 Å². The van der Waals surface area contributed by atoms with Gasteiger partial charge in [-0.2, -0.15) is 0 Å². The summed E-state index contributed by atoms with van der Waals surface area (Å²) in [6, 6.07) is 15.0. The summed E-state index contributed by atoms with van der Waals surface area (Å²) in [6.45, 7) is 2.32. The Labute approximate surface area is 161 Å². The van der Waals surface area contributed by atoms with E-state index >= 15 is 0 Å². The van der Waals surface area contributed by atoms with Crippen LogP contribution in [-0.2, 0) is 17.8 Å². The second kappa shape index (κ2) is 7.68. The van der Waals surface area contributed by atoms with Crippen LogP contribution in [0.2, 0.25) is 0 Å². The number of epoxide rings is 1. The Morgan fingerprint density at radius 1 is 0.929 bits per heavy atom. The number of aryl methyl sites for hydroxylation is 1. The van der Waals surface area contributed by atoms with E-state index in [-0.39, 0.29) is 24.1 Å². The van der Waals surface area contributed by atoms with Gasteiger partial charge in [0.1, 0.15) is 24.3 Å². The summed E-state index contributed by atoms with van der Waals surface area (Å²) >= 11 is 0. The molecule has 0 spiro atoms. The van der Waals surface area contributed by atoms with Crippen molar-refractivity contribution in [2.24, 2.45) is 0 Å². The van der Waals surface area contributed by atoms with Gasteiger partial charge in [0.25, 0.3) is 0 Å². The fraction of sp³-hybridized carbons (Fsp3) is 0.217. The summed E-state index contributed by atoms with van der Waals surface area (Å²) < 4.78 is 53.1. The van der Waals surface area contributed by atoms with Crippen LogP contribution in [0, 0.1) is 17.5 Å². The molecule has 1 atom stereocenters. The third-order valence-electron chi connectivity index (χ3n) is 4.88. The molecule has 0 N–H and O–H groups in total. The van der Waals surface area contributed by atoms with Crippen LogP contribution in [0.1, 0.15) is 29.7 Å². The van der Waals surface area contributed by atoms with Gasteiger partial charge in [0, 0.05) is 11.1 Å². The second-order valence-electron chi connectivity index (χ2n) is 6.74. The zero-order chi connectivity index (χ0) is 19.7. The lowest BCUT2D eigenvalue weighted by atomic mass is 10.0. The Bertz CT molecular complexity index is 995. The van der Waals surface area contributed by atoms with Crippen molar-refractivity contribution in [3.8, 4) is 16.9 Å². The normalized spacial score (nSPS) is 15.5. The Balaban J connectivity index is 1.46. The Morgan fingerprint density at radius 3 is 2.25 bits per heavy atom. The van der Waals surface area contributed by atoms with Crippen molar-refractivity contribution in [2.45, 2.75) is 26.1 Å². The van der Waals surface area contributed by atoms with Crippen molar-refractivity contribution in [2.75, 3.05) is 6.61 Å². The highest BCUT2D eigenvalue weighted by Crippen LogP contribution is 2.33. The van der Waals surface area contributed by atoms with E-state index in [1.165, 1.54) is 12.1 Å². The molecule has 5 heteroatoms. The third kappa shape index (κ3) is 3.76. The standard InChI is InChI=1S/C23H19F3O2/c1-2-14-3-4-17(23(26)22(14)25)12-27-18-8-5-15(6-9-18)19-10-7-16(11-20(19)24)21-13-28-21/h3-11,21H,2,12-13H2,1H3. The SMILES string of the molecule is CCc1ccc(COc2ccc(-c3ccc(C4CO4)cc3F)cc2)c(F)c1F. The average molecular weight is 384 g/mol. The minimum Gasteiger partial charge on any atom is -0.489 e. The molecule has 28 heavy (non-hydrogen) atoms. The maximum Gasteiger partial charge on any atom is 0.165 e. The number of halogens is 3. The van der Waals surface area contributed by atoms with Crippen LogP contribution in [-0.4, -0.2) is 6.61 Å². The lowest BCUT2D eigenvalue weighted by Crippen LogP contribution is -2.03. The quantitative estimate of drug-likeness (QED) is 0.488. The zero-order valence-electron chi connectivity index (χ0n) is 15.3. The molecule has 0 radical (unpaired) electrons. The van der Waals surface area contributed by atoms with Crippen LogP contribution in [0.4, 0.5) is 13.2 Å². The third-order valence-corrected chi connectivity index (χ3v) is 4.88. The monoisotopic (exact) mass is 384 g/mol. The molecule has 0 saturated carbocycles. The zero-order valence-corrected chi connectivity index (χ0v) is 15.3. The number of ether oxygens (including phenoxy) is 2. The van der Waals surface area contributed by atoms with E-state index in [1.54, 1.807) is 43.3 Å². The minimum absolute atomic E-state index is 0.0101. The van der Waals surface area contributed by atoms with E-state index in [9.17, 15) is 13.2 Å². The van der Waals surface area contributed by atoms with E-state index < -0.39 is 11.6 Å². The van der Waals surface area contributed by atoms with E-state index in [4.69, 9.17) is 9.47 Å². The van der Waals surface area contributed by atoms with E-state index in [1.807, 2.05) is 6.07 Å². The van der Waals surface area contributed by atoms with Crippen LogP contribution < -0.4 is 4.74 Å². The van der Waals surface area contributed by atoms with Gasteiger partial charge in [-0.1, -0.05) is 43.3 Å². The molecule has 1 aliphatic rings. The van der Waals surface area contributed by atoms with Gasteiger partial charge in [-0.05, 0) is 41.3 Å². The van der Waals surface area contributed by atoms with Gasteiger partial charge in [-0.15, -0.1) is 0 Å². The lowest BCUT2D eigenvalue weighted by molar-refractivity contribution is 0.297. The predicted octanol–water partition coefficient (Wildman–Crippen LogP) is 5.98. The molecule has 1 saturated heterocycles. The van der Waals surface area contributed by atoms with E-state index in [0.717, 1.165) is 5.56 Å². The van der Waals surface area contributed by atoms with Crippen molar-refractivity contribution in [1.82, 2.24) is 0 Å². The molecule has 3 aromatic rings. The molecule has 0 aliphatic carbocycles. The van der Waals surface area contributed by atoms with Gasteiger partial charge in [-0.25, -0.2) is 13.2 Å². The van der Waals surface area contributed by atoms with Gasteiger partial charge in [0.15, 0.2) is 11.6 Å². The molecule has 144 valence electrons. The first-order chi connectivity index (χ1) is 13.6. The molecule has 2 nitrogen and oxygen atoms in total. The first kappa shape index (κ1) is 18.6. The Hall–Kier alpha value is -2.79. The minimum atomic E-state index is -0.877. The molecular weight excluding hydrogens is 365 g/mol. The van der Waals surface area contributed by atoms with Crippen LogP contribution in [0.25, 0.3) is 11.1 Å². The number of benzene rings is 3. The highest BCUT2D eigenvalue weighted by molar-refractivity contribution is 5.65. The number of hydrogen-bond donors (Lipinski definition) is 0. The summed E-state index contributed by atoms with van der Waals surface area (Å²) in [5.74, 6) is -1.52. The van der Waals surface area contributed by atoms with Gasteiger partial charge in [-0.3, -0.25) is 0 Å². The van der Waals surface area contributed by atoms with Gasteiger partial charge < -0.3 is 9.47 Å². The molecule has 1 unspecified atom stereocenters. The summed E-state index contributed by atoms with van der Waals surface area (Å²) in [5, 5.41) is 0. The molecular formula is C23H19F3O2. The smallest absolute Gasteiger partial charge is 0.165 e. The average Bonchev–Trinajstić information content (AvgIpc) is 3.55. The Morgan fingerprint density at radius 2 is 1.61 bits per heavy atom. The van der Waals surface area contributed by atoms with Crippen molar-refractivity contribution in [3.63, 3.8) is 0 Å². The van der Waals surface area contributed by atoms with Crippen molar-refractivity contribution in [3.05, 3.63) is 88.7 Å². The van der Waals surface area contributed by atoms with Gasteiger partial charge in [0.05, 0.1) is 6.61 Å². The van der Waals surface area contributed by atoms with Crippen molar-refractivity contribution < 1.29 is 22.6 Å². The van der Waals surface area contributed by atoms with Crippen molar-refractivity contribution in [1.29, 1.82) is 0 Å². The van der Waals surface area contributed by atoms with Crippen LogP contribution in [0.5, 0.6) is 5.75 Å². The molecule has 0 amide bonds. The van der Waals surface area contributed by atoms with Crippen LogP contribution in [0.15, 0.2) is 54.6 Å². The second-order valence-corrected chi connectivity index (χ2v) is 6.74. The maximum absolute atomic E-state index is 14.4. The molecule has 1 heterocycles. The molecule has 0 bridgehead atoms. The lowest BCUT2D eigenvalue weighted by Gasteiger charge is -2.10. The van der Waals surface area contributed by atoms with Crippen molar-refractivity contribution >= 4 is 0 Å². The number of hydrogen-bond acceptors (Lipinski definition) is 2. The predicted molar refractivity (Wildman–Crippen MR) is 101 cm³/mol. The number of rotatable bonds is 6. The topological polar surface area (TPSA) is 21.8 Å². The molecule has 1 aliphatic heterocycles. The van der Waals surface area contributed by atoms with Gasteiger partial charge >= 0.3 is 0 Å². The summed E-state index contributed by atoms with van der Waals surface area (Å²) in [5.41, 5.74) is 2.52. The maximum atomic E-state index is 14.4. The van der Waals surface area contributed by atoms with Gasteiger partial charge in [0.2, 0.25) is 0 Å². The first-order valence-corrected chi connectivity index (χ1v) is 9.17. The molecule has 3 aromatic carbocycles. The fourth-order valence-corrected chi connectivity index (χ4v) is 3.11. The first-order valence-electron chi connectivity index (χ1n) is 9.17. The Kier molecular flexibility index (Phi) is 5.09. The highest BCUT2D eigenvalue weighted by atomic mass is 19.2. The molecule has 1 fully saturated rings. The van der Waals surface area contributed by atoms with Crippen LogP contribution >= 0.6 is 0 Å². The van der Waals surface area contributed by atoms with Crippen LogP contribution in [0.3, 0.4) is 0 Å². The fourth-order valence-electron chi connectivity index (χ4n) is 3.11. The molecule has 0 aromatic heterocycles. The highest BCUT2D eigenvalue weighted by Gasteiger charge is 2.25. The summed E-state index contributed by atoms with van der Waals surface area (Å²) in [7, 11) is 0.